The van der Waals surface area contributed by atoms with Crippen LogP contribution in [0.3, 0.4) is 0 Å². The van der Waals surface area contributed by atoms with Gasteiger partial charge in [-0.3, -0.25) is 0 Å². The summed E-state index contributed by atoms with van der Waals surface area (Å²) in [6.45, 7) is 1.37. The van der Waals surface area contributed by atoms with Crippen LogP contribution in [0.5, 0.6) is 0 Å². The SMILES string of the molecule is CC(=O)O[C]([SnH3])(c1ccc(Cl)c(Cl)c1)c1ccc(Cl)c(Cl)c1. The van der Waals surface area contributed by atoms with Crippen LogP contribution in [0.25, 0.3) is 0 Å². The number of benzene rings is 2. The monoisotopic (exact) mass is 484 g/mol. The number of hydrogen-bond donors (Lipinski definition) is 0. The van der Waals surface area contributed by atoms with E-state index in [9.17, 15) is 4.79 Å². The van der Waals surface area contributed by atoms with Crippen LogP contribution in [-0.2, 0) is 13.1 Å². The fraction of sp³-hybridized carbons (Fsp3) is 0.133. The van der Waals surface area contributed by atoms with Gasteiger partial charge in [0.2, 0.25) is 0 Å². The van der Waals surface area contributed by atoms with E-state index in [0.29, 0.717) is 20.1 Å². The van der Waals surface area contributed by atoms with Gasteiger partial charge in [-0.05, 0) is 0 Å². The molecule has 0 aromatic heterocycles. The first-order valence-electron chi connectivity index (χ1n) is 6.34. The molecule has 0 bridgehead atoms. The van der Waals surface area contributed by atoms with Crippen molar-refractivity contribution in [3.05, 3.63) is 67.6 Å². The van der Waals surface area contributed by atoms with Crippen LogP contribution in [-0.4, -0.2) is 28.5 Å². The number of carbonyl (C=O) groups excluding carboxylic acids is 1. The quantitative estimate of drug-likeness (QED) is 0.476. The molecule has 116 valence electrons. The van der Waals surface area contributed by atoms with Gasteiger partial charge >= 0.3 is 163 Å². The summed E-state index contributed by atoms with van der Waals surface area (Å²) in [5, 5.41) is 1.70. The van der Waals surface area contributed by atoms with Crippen LogP contribution in [0, 0.1) is 0 Å². The zero-order chi connectivity index (χ0) is 16.5. The summed E-state index contributed by atoms with van der Waals surface area (Å²) in [6.07, 6.45) is 0. The molecule has 0 heterocycles. The normalized spacial score (nSPS) is 11.5. The van der Waals surface area contributed by atoms with Crippen LogP contribution < -0.4 is 0 Å². The van der Waals surface area contributed by atoms with E-state index in [1.807, 2.05) is 0 Å². The van der Waals surface area contributed by atoms with Gasteiger partial charge in [0.05, 0.1) is 0 Å². The number of hydrogen-bond acceptors (Lipinski definition) is 2. The number of carbonyl (C=O) groups is 1. The van der Waals surface area contributed by atoms with Crippen LogP contribution in [0.2, 0.25) is 20.1 Å². The fourth-order valence-electron chi connectivity index (χ4n) is 2.16. The molecular formula is C15H12Cl4O2Sn. The van der Waals surface area contributed by atoms with Gasteiger partial charge in [-0.1, -0.05) is 0 Å². The Morgan fingerprint density at radius 1 is 0.909 bits per heavy atom. The maximum atomic E-state index is 11.6. The first-order valence-corrected chi connectivity index (χ1v) is 10.7. The molecular weight excluding hydrogens is 473 g/mol. The van der Waals surface area contributed by atoms with Crippen LogP contribution in [0.1, 0.15) is 18.1 Å². The second-order valence-electron chi connectivity index (χ2n) is 4.88. The van der Waals surface area contributed by atoms with Gasteiger partial charge in [-0.15, -0.1) is 0 Å². The van der Waals surface area contributed by atoms with E-state index < -0.39 is 3.62 Å². The topological polar surface area (TPSA) is 26.3 Å². The van der Waals surface area contributed by atoms with E-state index in [1.165, 1.54) is 6.92 Å². The average Bonchev–Trinajstić information content (AvgIpc) is 2.43. The first-order chi connectivity index (χ1) is 10.2. The molecule has 0 amide bonds. The van der Waals surface area contributed by atoms with Crippen LogP contribution >= 0.6 is 46.4 Å². The number of halogens is 4. The van der Waals surface area contributed by atoms with E-state index in [4.69, 9.17) is 51.1 Å². The number of rotatable bonds is 3. The van der Waals surface area contributed by atoms with Crippen molar-refractivity contribution < 1.29 is 9.53 Å². The predicted molar refractivity (Wildman–Crippen MR) is 95.4 cm³/mol. The van der Waals surface area contributed by atoms with Crippen molar-refractivity contribution in [1.29, 1.82) is 0 Å². The third-order valence-corrected chi connectivity index (χ3v) is 8.65. The molecule has 0 saturated heterocycles. The van der Waals surface area contributed by atoms with Crippen molar-refractivity contribution >= 4 is 74.9 Å². The zero-order valence-corrected chi connectivity index (χ0v) is 20.5. The van der Waals surface area contributed by atoms with E-state index in [0.717, 1.165) is 11.1 Å². The third kappa shape index (κ3) is 3.85. The zero-order valence-electron chi connectivity index (χ0n) is 11.8. The van der Waals surface area contributed by atoms with Crippen molar-refractivity contribution in [3.8, 4) is 0 Å². The van der Waals surface area contributed by atoms with Gasteiger partial charge in [0.15, 0.2) is 0 Å². The number of ether oxygens (including phenoxy) is 1. The summed E-state index contributed by atoms with van der Waals surface area (Å²) < 4.78 is 4.80. The molecule has 2 rings (SSSR count). The van der Waals surface area contributed by atoms with Crippen LogP contribution in [0.15, 0.2) is 36.4 Å². The van der Waals surface area contributed by atoms with Crippen molar-refractivity contribution in [2.45, 2.75) is 10.5 Å². The standard InChI is InChI=1S/C15H9Cl4O2.Sn.3H/c1-8(20)21-15(9-2-4-11(16)13(18)6-9)10-3-5-12(17)14(19)7-10;;;;/h2-7H,1H3;;;;. The molecule has 7 heteroatoms. The maximum absolute atomic E-state index is 11.6. The molecule has 0 aliphatic rings. The molecule has 0 aliphatic heterocycles. The molecule has 0 unspecified atom stereocenters. The fourth-order valence-corrected chi connectivity index (χ4v) is 5.35. The van der Waals surface area contributed by atoms with Gasteiger partial charge in [0.1, 0.15) is 0 Å². The molecule has 0 aliphatic carbocycles. The predicted octanol–water partition coefficient (Wildman–Crippen LogP) is 4.43. The van der Waals surface area contributed by atoms with E-state index in [1.54, 1.807) is 36.4 Å². The Hall–Kier alpha value is -0.131. The molecule has 0 radical (unpaired) electrons. The molecule has 0 spiro atoms. The second kappa shape index (κ2) is 7.18. The van der Waals surface area contributed by atoms with Crippen molar-refractivity contribution in [2.75, 3.05) is 0 Å². The van der Waals surface area contributed by atoms with Gasteiger partial charge < -0.3 is 0 Å². The summed E-state index contributed by atoms with van der Waals surface area (Å²) in [6, 6.07) is 10.4. The minimum atomic E-state index is -0.851. The number of esters is 1. The Morgan fingerprint density at radius 2 is 1.32 bits per heavy atom. The van der Waals surface area contributed by atoms with Gasteiger partial charge in [-0.2, -0.15) is 0 Å². The Kier molecular flexibility index (Phi) is 5.94. The average molecular weight is 485 g/mol. The van der Waals surface area contributed by atoms with E-state index in [-0.39, 0.29) is 28.5 Å². The molecule has 0 fully saturated rings. The Labute approximate surface area is 161 Å². The molecule has 2 aromatic rings. The molecule has 2 aromatic carbocycles. The van der Waals surface area contributed by atoms with E-state index >= 15 is 0 Å². The minimum absolute atomic E-state index is 0.164. The first kappa shape index (κ1) is 18.2. The Balaban J connectivity index is 2.62. The van der Waals surface area contributed by atoms with Crippen LogP contribution in [0.4, 0.5) is 0 Å². The van der Waals surface area contributed by atoms with Crippen molar-refractivity contribution in [2.24, 2.45) is 0 Å². The summed E-state index contributed by atoms with van der Waals surface area (Å²) in [7, 11) is 0. The summed E-state index contributed by atoms with van der Waals surface area (Å²) >= 11 is 24.0. The summed E-state index contributed by atoms with van der Waals surface area (Å²) in [5.41, 5.74) is 1.54. The molecule has 0 atom stereocenters. The summed E-state index contributed by atoms with van der Waals surface area (Å²) in [4.78, 5) is 11.6. The molecule has 2 nitrogen and oxygen atoms in total. The molecule has 22 heavy (non-hydrogen) atoms. The molecule has 0 saturated carbocycles. The van der Waals surface area contributed by atoms with Crippen molar-refractivity contribution in [1.82, 2.24) is 0 Å². The van der Waals surface area contributed by atoms with E-state index in [2.05, 4.69) is 0 Å². The Morgan fingerprint density at radius 3 is 1.64 bits per heavy atom. The van der Waals surface area contributed by atoms with Gasteiger partial charge in [0, 0.05) is 0 Å². The molecule has 0 N–H and O–H groups in total. The summed E-state index contributed by atoms with van der Waals surface area (Å²) in [5.74, 6) is -0.378. The van der Waals surface area contributed by atoms with Crippen molar-refractivity contribution in [3.63, 3.8) is 0 Å². The Bertz CT molecular complexity index is 682. The van der Waals surface area contributed by atoms with Gasteiger partial charge in [0.25, 0.3) is 0 Å². The second-order valence-corrected chi connectivity index (χ2v) is 10.5. The third-order valence-electron chi connectivity index (χ3n) is 3.29. The van der Waals surface area contributed by atoms with Gasteiger partial charge in [-0.25, -0.2) is 0 Å².